The molecule has 2 aliphatic heterocycles. The molecule has 0 saturated carbocycles. The molecule has 1 atom stereocenters. The molecule has 1 aromatic rings. The van der Waals surface area contributed by atoms with E-state index in [9.17, 15) is 0 Å². The molecular formula is C29H52N4O2. The van der Waals surface area contributed by atoms with E-state index in [1.54, 1.807) is 12.5 Å². The first-order chi connectivity index (χ1) is 16.5. The zero-order valence-corrected chi connectivity index (χ0v) is 24.3. The molecule has 4 N–H and O–H groups in total. The van der Waals surface area contributed by atoms with Crippen molar-refractivity contribution < 1.29 is 9.47 Å². The number of nitrogens with zero attached hydrogens (tertiary/aromatic N) is 2. The van der Waals surface area contributed by atoms with Crippen LogP contribution in [0.4, 0.5) is 0 Å². The zero-order valence-electron chi connectivity index (χ0n) is 24.3. The molecule has 1 unspecified atom stereocenters. The van der Waals surface area contributed by atoms with Crippen LogP contribution >= 0.6 is 0 Å². The third kappa shape index (κ3) is 6.08. The zero-order chi connectivity index (χ0) is 27.0. The summed E-state index contributed by atoms with van der Waals surface area (Å²) in [4.78, 5) is 8.74. The van der Waals surface area contributed by atoms with Crippen molar-refractivity contribution >= 4 is 0 Å². The van der Waals surface area contributed by atoms with Crippen LogP contribution in [-0.4, -0.2) is 28.8 Å². The van der Waals surface area contributed by atoms with Gasteiger partial charge in [0, 0.05) is 35.4 Å². The number of hydrogen-bond donors (Lipinski definition) is 2. The molecule has 0 fully saturated rings. The van der Waals surface area contributed by atoms with Crippen LogP contribution in [0, 0.1) is 24.7 Å². The van der Waals surface area contributed by atoms with E-state index >= 15 is 0 Å². The molecular weight excluding hydrogens is 436 g/mol. The van der Waals surface area contributed by atoms with Gasteiger partial charge < -0.3 is 20.9 Å². The van der Waals surface area contributed by atoms with Crippen LogP contribution in [0.1, 0.15) is 99.0 Å². The fourth-order valence-electron chi connectivity index (χ4n) is 5.81. The van der Waals surface area contributed by atoms with Gasteiger partial charge in [0.05, 0.1) is 30.1 Å². The summed E-state index contributed by atoms with van der Waals surface area (Å²) in [5.41, 5.74) is 18.0. The Labute approximate surface area is 215 Å². The van der Waals surface area contributed by atoms with E-state index in [0.29, 0.717) is 24.4 Å². The quantitative estimate of drug-likeness (QED) is 0.514. The minimum atomic E-state index is -0.303. The first-order valence-corrected chi connectivity index (χ1v) is 13.5. The van der Waals surface area contributed by atoms with Gasteiger partial charge in [-0.2, -0.15) is 0 Å². The Morgan fingerprint density at radius 2 is 1.57 bits per heavy atom. The summed E-state index contributed by atoms with van der Waals surface area (Å²) in [6.45, 7) is 24.9. The Hall–Kier alpha value is -1.92. The number of nitrogens with two attached hydrogens (primary N) is 2. The molecule has 200 valence electrons. The second kappa shape index (κ2) is 13.4. The average molecular weight is 489 g/mol. The number of aryl methyl sites for hydroxylation is 1. The minimum absolute atomic E-state index is 0.182. The van der Waals surface area contributed by atoms with Gasteiger partial charge in [-0.3, -0.25) is 0 Å². The van der Waals surface area contributed by atoms with Crippen molar-refractivity contribution in [1.82, 2.24) is 9.97 Å². The fraction of sp³-hybridized carbons (Fsp3) is 0.724. The molecule has 0 saturated heterocycles. The molecule has 6 nitrogen and oxygen atoms in total. The van der Waals surface area contributed by atoms with Gasteiger partial charge in [0.2, 0.25) is 0 Å². The van der Waals surface area contributed by atoms with Crippen molar-refractivity contribution in [2.75, 3.05) is 13.2 Å². The van der Waals surface area contributed by atoms with E-state index in [1.807, 2.05) is 20.8 Å². The topological polar surface area (TPSA) is 96.3 Å². The third-order valence-electron chi connectivity index (χ3n) is 7.48. The van der Waals surface area contributed by atoms with E-state index in [2.05, 4.69) is 65.4 Å². The molecule has 6 heteroatoms. The van der Waals surface area contributed by atoms with Crippen molar-refractivity contribution in [1.29, 1.82) is 0 Å². The number of ether oxygens (including phenoxy) is 2. The normalized spacial score (nSPS) is 21.8. The standard InChI is InChI=1S/C14H26N2O.C13H20N2O.C2H6/c1-9(2)14(10(3)4)13(11(5)8-15)12(16)6-7-17-14;1-5-13(9(2)3)12-10(4)14-8-15-11(12)6-7-16-13;1-2/h8-10H,6-7,15-16H2,1-5H3;8-9H,5-7H2,1-4H3;1-2H3/b11-8-;;. The maximum atomic E-state index is 6.21. The van der Waals surface area contributed by atoms with Gasteiger partial charge in [0.1, 0.15) is 6.33 Å². The monoisotopic (exact) mass is 488 g/mol. The van der Waals surface area contributed by atoms with Crippen molar-refractivity contribution in [3.63, 3.8) is 0 Å². The molecule has 0 bridgehead atoms. The van der Waals surface area contributed by atoms with Crippen molar-refractivity contribution in [3.8, 4) is 0 Å². The van der Waals surface area contributed by atoms with Gasteiger partial charge in [-0.05, 0) is 49.8 Å². The van der Waals surface area contributed by atoms with Crippen LogP contribution in [0.25, 0.3) is 0 Å². The van der Waals surface area contributed by atoms with E-state index in [0.717, 1.165) is 48.4 Å². The lowest BCUT2D eigenvalue weighted by atomic mass is 9.70. The highest BCUT2D eigenvalue weighted by atomic mass is 16.5. The lowest BCUT2D eigenvalue weighted by Gasteiger charge is -2.46. The lowest BCUT2D eigenvalue weighted by Crippen LogP contribution is -2.49. The molecule has 2 aliphatic rings. The van der Waals surface area contributed by atoms with Crippen molar-refractivity contribution in [3.05, 3.63) is 46.3 Å². The summed E-state index contributed by atoms with van der Waals surface area (Å²) in [7, 11) is 0. The van der Waals surface area contributed by atoms with Crippen LogP contribution in [0.3, 0.4) is 0 Å². The second-order valence-electron chi connectivity index (χ2n) is 10.2. The molecule has 3 rings (SSSR count). The van der Waals surface area contributed by atoms with Crippen LogP contribution in [0.15, 0.2) is 29.4 Å². The third-order valence-corrected chi connectivity index (χ3v) is 7.48. The van der Waals surface area contributed by atoms with Crippen LogP contribution in [-0.2, 0) is 21.5 Å². The van der Waals surface area contributed by atoms with E-state index in [4.69, 9.17) is 20.9 Å². The summed E-state index contributed by atoms with van der Waals surface area (Å²) in [6, 6.07) is 0. The van der Waals surface area contributed by atoms with Crippen LogP contribution in [0.2, 0.25) is 0 Å². The highest BCUT2D eigenvalue weighted by molar-refractivity contribution is 5.42. The Balaban J connectivity index is 0.000000327. The SMILES string of the molecule is C/C(=C/N)C1=C(N)CCOC1(C(C)C)C(C)C.CC.CCC1(C(C)C)OCCc2ncnc(C)c21. The Kier molecular flexibility index (Phi) is 11.9. The van der Waals surface area contributed by atoms with Crippen LogP contribution in [0.5, 0.6) is 0 Å². The summed E-state index contributed by atoms with van der Waals surface area (Å²) in [5.74, 6) is 1.18. The number of rotatable bonds is 5. The molecule has 0 spiro atoms. The van der Waals surface area contributed by atoms with Gasteiger partial charge in [-0.1, -0.05) is 62.3 Å². The highest BCUT2D eigenvalue weighted by Gasteiger charge is 2.45. The number of aromatic nitrogens is 2. The Morgan fingerprint density at radius 1 is 1.00 bits per heavy atom. The summed E-state index contributed by atoms with van der Waals surface area (Å²) in [5, 5.41) is 0. The number of hydrogen-bond acceptors (Lipinski definition) is 6. The lowest BCUT2D eigenvalue weighted by molar-refractivity contribution is -0.0978. The van der Waals surface area contributed by atoms with Gasteiger partial charge in [0.25, 0.3) is 0 Å². The van der Waals surface area contributed by atoms with Gasteiger partial charge in [0.15, 0.2) is 0 Å². The van der Waals surface area contributed by atoms with Gasteiger partial charge in [-0.25, -0.2) is 9.97 Å². The molecule has 0 amide bonds. The minimum Gasteiger partial charge on any atom is -0.404 e. The van der Waals surface area contributed by atoms with Gasteiger partial charge >= 0.3 is 0 Å². The first kappa shape index (κ1) is 31.1. The molecule has 0 aliphatic carbocycles. The van der Waals surface area contributed by atoms with E-state index in [1.165, 1.54) is 11.3 Å². The van der Waals surface area contributed by atoms with Crippen LogP contribution < -0.4 is 11.5 Å². The summed E-state index contributed by atoms with van der Waals surface area (Å²) in [6.07, 6.45) is 5.98. The summed E-state index contributed by atoms with van der Waals surface area (Å²) < 4.78 is 12.3. The maximum absolute atomic E-state index is 6.21. The first-order valence-electron chi connectivity index (χ1n) is 13.5. The summed E-state index contributed by atoms with van der Waals surface area (Å²) >= 11 is 0. The fourth-order valence-corrected chi connectivity index (χ4v) is 5.81. The Morgan fingerprint density at radius 3 is 2.06 bits per heavy atom. The number of fused-ring (bicyclic) bond motifs is 1. The maximum Gasteiger partial charge on any atom is 0.115 e. The largest absolute Gasteiger partial charge is 0.404 e. The van der Waals surface area contributed by atoms with E-state index < -0.39 is 0 Å². The second-order valence-corrected chi connectivity index (χ2v) is 10.2. The molecule has 3 heterocycles. The van der Waals surface area contributed by atoms with Gasteiger partial charge in [-0.15, -0.1) is 0 Å². The molecule has 1 aromatic heterocycles. The molecule has 0 radical (unpaired) electrons. The molecule has 35 heavy (non-hydrogen) atoms. The highest BCUT2D eigenvalue weighted by Crippen LogP contribution is 2.44. The van der Waals surface area contributed by atoms with Crippen molar-refractivity contribution in [2.45, 2.75) is 107 Å². The predicted octanol–water partition coefficient (Wildman–Crippen LogP) is 6.18. The predicted molar refractivity (Wildman–Crippen MR) is 147 cm³/mol. The average Bonchev–Trinajstić information content (AvgIpc) is 2.84. The smallest absolute Gasteiger partial charge is 0.115 e. The van der Waals surface area contributed by atoms with E-state index in [-0.39, 0.29) is 11.2 Å². The molecule has 0 aromatic carbocycles. The Bertz CT molecular complexity index is 865. The van der Waals surface area contributed by atoms with Crippen molar-refractivity contribution in [2.24, 2.45) is 29.2 Å².